The van der Waals surface area contributed by atoms with Crippen molar-refractivity contribution in [3.8, 4) is 5.75 Å². The van der Waals surface area contributed by atoms with Crippen LogP contribution in [0.1, 0.15) is 29.5 Å². The molecule has 0 saturated carbocycles. The second-order valence-electron chi connectivity index (χ2n) is 8.41. The zero-order valence-electron chi connectivity index (χ0n) is 19.5. The van der Waals surface area contributed by atoms with Crippen molar-refractivity contribution >= 4 is 11.9 Å². The van der Waals surface area contributed by atoms with Crippen LogP contribution in [-0.4, -0.2) is 59.7 Å². The molecule has 1 unspecified atom stereocenters. The first-order valence-electron chi connectivity index (χ1n) is 11.1. The zero-order valence-corrected chi connectivity index (χ0v) is 19.5. The first-order chi connectivity index (χ1) is 16.6. The molecule has 11 heteroatoms. The number of carbonyl (C=O) groups excluding carboxylic acids is 2. The molecule has 1 aromatic carbocycles. The van der Waals surface area contributed by atoms with E-state index >= 15 is 0 Å². The maximum atomic E-state index is 13.1. The van der Waals surface area contributed by atoms with E-state index in [1.54, 1.807) is 30.3 Å². The number of alkyl halides is 3. The number of halogens is 3. The van der Waals surface area contributed by atoms with Gasteiger partial charge >= 0.3 is 12.1 Å². The normalized spacial score (nSPS) is 16.6. The molecule has 2 heterocycles. The number of methoxy groups -OCH3 is 1. The van der Waals surface area contributed by atoms with E-state index in [0.29, 0.717) is 41.9 Å². The number of benzene rings is 1. The van der Waals surface area contributed by atoms with Gasteiger partial charge in [-0.05, 0) is 54.3 Å². The molecule has 2 aromatic rings. The molecule has 1 N–H and O–H groups in total. The Bertz CT molecular complexity index is 1130. The predicted octanol–water partition coefficient (Wildman–Crippen LogP) is 3.03. The summed E-state index contributed by atoms with van der Waals surface area (Å²) in [4.78, 5) is 29.6. The Hall–Kier alpha value is -3.50. The average molecular weight is 495 g/mol. The van der Waals surface area contributed by atoms with Crippen LogP contribution in [0.5, 0.6) is 5.75 Å². The second kappa shape index (κ2) is 11.3. The Morgan fingerprint density at radius 3 is 2.71 bits per heavy atom. The molecule has 1 aliphatic rings. The third-order valence-corrected chi connectivity index (χ3v) is 5.59. The van der Waals surface area contributed by atoms with Crippen LogP contribution in [0, 0.1) is 12.8 Å². The number of esters is 1. The number of aromatic nitrogens is 1. The van der Waals surface area contributed by atoms with E-state index in [1.165, 1.54) is 13.3 Å². The number of pyridine rings is 1. The largest absolute Gasteiger partial charge is 0.494 e. The van der Waals surface area contributed by atoms with Crippen LogP contribution in [0.2, 0.25) is 0 Å². The van der Waals surface area contributed by atoms with Crippen LogP contribution < -0.4 is 10.2 Å². The monoisotopic (exact) mass is 495 g/mol. The minimum Gasteiger partial charge on any atom is -0.494 e. The summed E-state index contributed by atoms with van der Waals surface area (Å²) in [5, 5.41) is 9.76. The lowest BCUT2D eigenvalue weighted by Gasteiger charge is -2.25. The van der Waals surface area contributed by atoms with Gasteiger partial charge in [0.05, 0.1) is 26.1 Å². The number of fused-ring (bicyclic) bond motifs is 1. The molecule has 0 spiro atoms. The number of ether oxygens (including phenoxy) is 2. The number of hydrogen-bond donors (Lipinski definition) is 1. The average Bonchev–Trinajstić information content (AvgIpc) is 2.91. The summed E-state index contributed by atoms with van der Waals surface area (Å²) in [6, 6.07) is 8.53. The lowest BCUT2D eigenvalue weighted by Crippen LogP contribution is -2.41. The van der Waals surface area contributed by atoms with Crippen LogP contribution in [0.4, 0.5) is 13.2 Å². The molecule has 8 nitrogen and oxygen atoms in total. The fourth-order valence-corrected chi connectivity index (χ4v) is 3.88. The summed E-state index contributed by atoms with van der Waals surface area (Å²) >= 11 is 0. The van der Waals surface area contributed by atoms with Gasteiger partial charge in [0.15, 0.2) is 5.49 Å². The fourth-order valence-electron chi connectivity index (χ4n) is 3.88. The second-order valence-corrected chi connectivity index (χ2v) is 8.41. The Labute approximate surface area is 200 Å². The topological polar surface area (TPSA) is 93.4 Å². The number of carbonyl (C=O) groups is 2. The summed E-state index contributed by atoms with van der Waals surface area (Å²) in [6.45, 7) is 0.955. The Balaban J connectivity index is 1.69. The van der Waals surface area contributed by atoms with Gasteiger partial charge in [-0.2, -0.15) is 17.9 Å². The van der Waals surface area contributed by atoms with Gasteiger partial charge in [-0.25, -0.2) is 0 Å². The molecule has 1 amide bonds. The summed E-state index contributed by atoms with van der Waals surface area (Å²) < 4.78 is 50.7. The van der Waals surface area contributed by atoms with Crippen molar-refractivity contribution < 1.29 is 37.4 Å². The maximum absolute atomic E-state index is 13.1. The van der Waals surface area contributed by atoms with Crippen molar-refractivity contribution in [2.75, 3.05) is 26.8 Å². The lowest BCUT2D eigenvalue weighted by atomic mass is 9.94. The summed E-state index contributed by atoms with van der Waals surface area (Å²) in [5.74, 6) is -1.86. The maximum Gasteiger partial charge on any atom is 0.406 e. The standard InChI is InChI=1S/C24H28F3N3O5/c1-16-6-8-30(33)21(10-16)28-7-3-9-35-20-5-4-17-11-18(13-22(31)34-2)23(32)29(14-19(17)12-20)15-24(25,26)27/h4-6,8,10,12,18,33H,3,7,9,11,13-15H2,1-2H3. The van der Waals surface area contributed by atoms with Crippen LogP contribution in [0.3, 0.4) is 0 Å². The molecule has 0 bridgehead atoms. The highest BCUT2D eigenvalue weighted by molar-refractivity contribution is 5.84. The van der Waals surface area contributed by atoms with Crippen molar-refractivity contribution in [2.24, 2.45) is 10.9 Å². The van der Waals surface area contributed by atoms with Crippen molar-refractivity contribution in [1.29, 1.82) is 0 Å². The van der Waals surface area contributed by atoms with Crippen LogP contribution in [0.25, 0.3) is 0 Å². The molecule has 0 radical (unpaired) electrons. The number of hydrogen-bond acceptors (Lipinski definition) is 6. The smallest absolute Gasteiger partial charge is 0.406 e. The molecule has 190 valence electrons. The van der Waals surface area contributed by atoms with E-state index in [0.717, 1.165) is 15.2 Å². The van der Waals surface area contributed by atoms with Gasteiger partial charge in [0, 0.05) is 25.7 Å². The molecular weight excluding hydrogens is 467 g/mol. The molecular formula is C24H28F3N3O5. The van der Waals surface area contributed by atoms with Gasteiger partial charge in [0.1, 0.15) is 12.3 Å². The van der Waals surface area contributed by atoms with E-state index < -0.39 is 30.5 Å². The van der Waals surface area contributed by atoms with Crippen LogP contribution in [0.15, 0.2) is 41.5 Å². The molecule has 1 atom stereocenters. The quantitative estimate of drug-likeness (QED) is 0.345. The van der Waals surface area contributed by atoms with Gasteiger partial charge in [-0.15, -0.1) is 0 Å². The highest BCUT2D eigenvalue weighted by Crippen LogP contribution is 2.30. The molecule has 0 aliphatic carbocycles. The number of rotatable bonds is 8. The summed E-state index contributed by atoms with van der Waals surface area (Å²) in [5.41, 5.74) is 2.61. The first kappa shape index (κ1) is 26.1. The third-order valence-electron chi connectivity index (χ3n) is 5.59. The van der Waals surface area contributed by atoms with Gasteiger partial charge in [0.25, 0.3) is 0 Å². The number of nitrogens with zero attached hydrogens (tertiary/aromatic N) is 3. The zero-order chi connectivity index (χ0) is 25.6. The van der Waals surface area contributed by atoms with E-state index in [1.807, 2.05) is 6.92 Å². The SMILES string of the molecule is COC(=O)CC1Cc2ccc(OCCCN=c3cc(C)ccn3O)cc2CN(CC(F)(F)F)C1=O. The molecule has 0 fully saturated rings. The van der Waals surface area contributed by atoms with Crippen molar-refractivity contribution in [3.05, 3.63) is 58.7 Å². The van der Waals surface area contributed by atoms with Crippen LogP contribution >= 0.6 is 0 Å². The molecule has 3 rings (SSSR count). The van der Waals surface area contributed by atoms with Crippen molar-refractivity contribution in [1.82, 2.24) is 9.63 Å². The third kappa shape index (κ3) is 7.49. The lowest BCUT2D eigenvalue weighted by molar-refractivity contribution is -0.165. The Morgan fingerprint density at radius 2 is 2.00 bits per heavy atom. The number of aryl methyl sites for hydroxylation is 1. The Morgan fingerprint density at radius 1 is 1.23 bits per heavy atom. The van der Waals surface area contributed by atoms with Crippen molar-refractivity contribution in [2.45, 2.75) is 38.9 Å². The Kier molecular flexibility index (Phi) is 8.42. The first-order valence-corrected chi connectivity index (χ1v) is 11.1. The van der Waals surface area contributed by atoms with Gasteiger partial charge in [-0.1, -0.05) is 6.07 Å². The molecule has 1 aromatic heterocycles. The van der Waals surface area contributed by atoms with Crippen LogP contribution in [-0.2, 0) is 27.3 Å². The summed E-state index contributed by atoms with van der Waals surface area (Å²) in [6.07, 6.45) is -2.68. The van der Waals surface area contributed by atoms with E-state index in [9.17, 15) is 28.0 Å². The van der Waals surface area contributed by atoms with E-state index in [2.05, 4.69) is 9.73 Å². The van der Waals surface area contributed by atoms with E-state index in [-0.39, 0.29) is 19.4 Å². The fraction of sp³-hybridized carbons (Fsp3) is 0.458. The summed E-state index contributed by atoms with van der Waals surface area (Å²) in [7, 11) is 1.17. The van der Waals surface area contributed by atoms with Gasteiger partial charge < -0.3 is 19.6 Å². The van der Waals surface area contributed by atoms with E-state index in [4.69, 9.17) is 4.74 Å². The van der Waals surface area contributed by atoms with Gasteiger partial charge in [-0.3, -0.25) is 14.6 Å². The minimum absolute atomic E-state index is 0.133. The highest BCUT2D eigenvalue weighted by atomic mass is 19.4. The molecule has 1 aliphatic heterocycles. The molecule has 35 heavy (non-hydrogen) atoms. The van der Waals surface area contributed by atoms with Crippen molar-refractivity contribution in [3.63, 3.8) is 0 Å². The predicted molar refractivity (Wildman–Crippen MR) is 119 cm³/mol. The number of amides is 1. The van der Waals surface area contributed by atoms with Gasteiger partial charge in [0.2, 0.25) is 5.91 Å². The highest BCUT2D eigenvalue weighted by Gasteiger charge is 2.38. The minimum atomic E-state index is -4.57. The molecule has 0 saturated heterocycles.